The van der Waals surface area contributed by atoms with Gasteiger partial charge in [0.15, 0.2) is 0 Å². The smallest absolute Gasteiger partial charge is 0.0991 e. The van der Waals surface area contributed by atoms with Crippen LogP contribution in [0.15, 0.2) is 24.3 Å². The van der Waals surface area contributed by atoms with Crippen LogP contribution in [0.4, 0.5) is 0 Å². The number of aliphatic hydroxyl groups excluding tert-OH is 1. The summed E-state index contributed by atoms with van der Waals surface area (Å²) in [5, 5.41) is 21.9. The van der Waals surface area contributed by atoms with Crippen LogP contribution in [0.25, 0.3) is 0 Å². The van der Waals surface area contributed by atoms with Crippen molar-refractivity contribution < 1.29 is 5.11 Å². The molecular weight excluding hydrogens is 226 g/mol. The van der Waals surface area contributed by atoms with Crippen molar-refractivity contribution in [2.75, 3.05) is 27.2 Å². The molecule has 2 N–H and O–H groups in total. The van der Waals surface area contributed by atoms with Gasteiger partial charge in [0.25, 0.3) is 0 Å². The molecular formula is C14H21N3O. The van der Waals surface area contributed by atoms with Crippen LogP contribution in [0.2, 0.25) is 0 Å². The van der Waals surface area contributed by atoms with Gasteiger partial charge in [-0.05, 0) is 38.7 Å². The fraction of sp³-hybridized carbons (Fsp3) is 0.500. The van der Waals surface area contributed by atoms with Gasteiger partial charge in [-0.15, -0.1) is 0 Å². The number of nitrogens with one attached hydrogen (secondary N) is 1. The number of hydrogen-bond donors (Lipinski definition) is 2. The molecule has 4 heteroatoms. The maximum absolute atomic E-state index is 9.76. The van der Waals surface area contributed by atoms with E-state index in [1.807, 2.05) is 44.1 Å². The number of benzene rings is 1. The molecule has 0 radical (unpaired) electrons. The average molecular weight is 247 g/mol. The molecule has 0 amide bonds. The van der Waals surface area contributed by atoms with Crippen molar-refractivity contribution in [3.05, 3.63) is 35.4 Å². The van der Waals surface area contributed by atoms with Crippen LogP contribution < -0.4 is 5.32 Å². The van der Waals surface area contributed by atoms with E-state index in [2.05, 4.69) is 11.4 Å². The standard InChI is InChI=1S/C14H21N3O/c1-11(16-9-14(18)10-17(2)3)13-6-4-5-12(7-13)8-15/h4-7,11,14,16,18H,9-10H2,1-3H3/t11-,14-/m0/s1. The molecule has 98 valence electrons. The summed E-state index contributed by atoms with van der Waals surface area (Å²) in [5.41, 5.74) is 1.72. The Hall–Kier alpha value is -1.41. The lowest BCUT2D eigenvalue weighted by molar-refractivity contribution is 0.132. The van der Waals surface area contributed by atoms with E-state index in [1.54, 1.807) is 6.07 Å². The summed E-state index contributed by atoms with van der Waals surface area (Å²) in [4.78, 5) is 1.95. The minimum absolute atomic E-state index is 0.120. The summed E-state index contributed by atoms with van der Waals surface area (Å²) >= 11 is 0. The first kappa shape index (κ1) is 14.7. The van der Waals surface area contributed by atoms with Gasteiger partial charge in [-0.2, -0.15) is 5.26 Å². The Morgan fingerprint density at radius 2 is 2.17 bits per heavy atom. The van der Waals surface area contributed by atoms with E-state index in [0.29, 0.717) is 18.7 Å². The molecule has 0 unspecified atom stereocenters. The third-order valence-corrected chi connectivity index (χ3v) is 2.75. The normalized spacial score (nSPS) is 14.2. The van der Waals surface area contributed by atoms with Crippen molar-refractivity contribution in [1.29, 1.82) is 5.26 Å². The molecule has 18 heavy (non-hydrogen) atoms. The summed E-state index contributed by atoms with van der Waals surface area (Å²) in [7, 11) is 3.87. The second kappa shape index (κ2) is 7.12. The number of likely N-dealkylation sites (N-methyl/N-ethyl adjacent to an activating group) is 1. The fourth-order valence-electron chi connectivity index (χ4n) is 1.79. The van der Waals surface area contributed by atoms with Gasteiger partial charge in [-0.25, -0.2) is 0 Å². The molecule has 0 bridgehead atoms. The van der Waals surface area contributed by atoms with E-state index in [9.17, 15) is 5.11 Å². The SMILES string of the molecule is C[C@H](NC[C@H](O)CN(C)C)c1cccc(C#N)c1. The van der Waals surface area contributed by atoms with Crippen LogP contribution in [-0.2, 0) is 0 Å². The number of nitriles is 1. The first-order chi connectivity index (χ1) is 8.52. The monoisotopic (exact) mass is 247 g/mol. The minimum Gasteiger partial charge on any atom is -0.390 e. The van der Waals surface area contributed by atoms with Crippen LogP contribution >= 0.6 is 0 Å². The number of aliphatic hydroxyl groups is 1. The molecule has 0 saturated heterocycles. The molecule has 0 aliphatic heterocycles. The Labute approximate surface area is 109 Å². The van der Waals surface area contributed by atoms with E-state index < -0.39 is 0 Å². The maximum Gasteiger partial charge on any atom is 0.0991 e. The van der Waals surface area contributed by atoms with E-state index >= 15 is 0 Å². The highest BCUT2D eigenvalue weighted by Gasteiger charge is 2.09. The molecule has 1 aromatic carbocycles. The highest BCUT2D eigenvalue weighted by atomic mass is 16.3. The lowest BCUT2D eigenvalue weighted by Gasteiger charge is -2.20. The van der Waals surface area contributed by atoms with Crippen LogP contribution in [0.3, 0.4) is 0 Å². The fourth-order valence-corrected chi connectivity index (χ4v) is 1.79. The van der Waals surface area contributed by atoms with Crippen LogP contribution in [0.1, 0.15) is 24.1 Å². The van der Waals surface area contributed by atoms with E-state index in [0.717, 1.165) is 5.56 Å². The quantitative estimate of drug-likeness (QED) is 0.791. The molecule has 4 nitrogen and oxygen atoms in total. The molecule has 2 atom stereocenters. The lowest BCUT2D eigenvalue weighted by Crippen LogP contribution is -2.36. The molecule has 0 heterocycles. The van der Waals surface area contributed by atoms with Crippen molar-refractivity contribution in [3.8, 4) is 6.07 Å². The van der Waals surface area contributed by atoms with Crippen molar-refractivity contribution in [2.24, 2.45) is 0 Å². The second-order valence-electron chi connectivity index (χ2n) is 4.78. The van der Waals surface area contributed by atoms with Gasteiger partial charge < -0.3 is 15.3 Å². The van der Waals surface area contributed by atoms with Gasteiger partial charge in [0.1, 0.15) is 0 Å². The second-order valence-corrected chi connectivity index (χ2v) is 4.78. The molecule has 0 aliphatic rings. The molecule has 0 fully saturated rings. The average Bonchev–Trinajstić information content (AvgIpc) is 2.35. The van der Waals surface area contributed by atoms with Gasteiger partial charge in [-0.3, -0.25) is 0 Å². The van der Waals surface area contributed by atoms with Crippen LogP contribution in [0, 0.1) is 11.3 Å². The topological polar surface area (TPSA) is 59.3 Å². The highest BCUT2D eigenvalue weighted by molar-refractivity contribution is 5.33. The zero-order valence-corrected chi connectivity index (χ0v) is 11.2. The molecule has 0 aliphatic carbocycles. The van der Waals surface area contributed by atoms with Crippen molar-refractivity contribution >= 4 is 0 Å². The number of nitrogens with zero attached hydrogens (tertiary/aromatic N) is 2. The Balaban J connectivity index is 2.50. The van der Waals surface area contributed by atoms with Crippen LogP contribution in [-0.4, -0.2) is 43.3 Å². The highest BCUT2D eigenvalue weighted by Crippen LogP contribution is 2.13. The van der Waals surface area contributed by atoms with Gasteiger partial charge in [0.2, 0.25) is 0 Å². The maximum atomic E-state index is 9.76. The van der Waals surface area contributed by atoms with Crippen LogP contribution in [0.5, 0.6) is 0 Å². The Morgan fingerprint density at radius 3 is 2.78 bits per heavy atom. The molecule has 0 saturated carbocycles. The molecule has 0 spiro atoms. The van der Waals surface area contributed by atoms with E-state index in [-0.39, 0.29) is 12.1 Å². The first-order valence-electron chi connectivity index (χ1n) is 6.09. The Bertz CT molecular complexity index is 412. The summed E-state index contributed by atoms with van der Waals surface area (Å²) in [6.45, 7) is 3.20. The van der Waals surface area contributed by atoms with Crippen molar-refractivity contribution in [1.82, 2.24) is 10.2 Å². The number of rotatable bonds is 6. The van der Waals surface area contributed by atoms with E-state index in [1.165, 1.54) is 0 Å². The van der Waals surface area contributed by atoms with Crippen molar-refractivity contribution in [2.45, 2.75) is 19.1 Å². The van der Waals surface area contributed by atoms with Gasteiger partial charge in [0.05, 0.1) is 17.7 Å². The number of hydrogen-bond acceptors (Lipinski definition) is 4. The Morgan fingerprint density at radius 1 is 1.44 bits per heavy atom. The zero-order chi connectivity index (χ0) is 13.5. The van der Waals surface area contributed by atoms with E-state index in [4.69, 9.17) is 5.26 Å². The molecule has 1 rings (SSSR count). The van der Waals surface area contributed by atoms with Gasteiger partial charge in [0, 0.05) is 19.1 Å². The summed E-state index contributed by atoms with van der Waals surface area (Å²) in [6.07, 6.45) is -0.387. The predicted octanol–water partition coefficient (Wildman–Crippen LogP) is 1.13. The summed E-state index contributed by atoms with van der Waals surface area (Å²) < 4.78 is 0. The molecule has 0 aromatic heterocycles. The lowest BCUT2D eigenvalue weighted by atomic mass is 10.1. The largest absolute Gasteiger partial charge is 0.390 e. The predicted molar refractivity (Wildman–Crippen MR) is 72.1 cm³/mol. The Kier molecular flexibility index (Phi) is 5.79. The summed E-state index contributed by atoms with van der Waals surface area (Å²) in [6, 6.07) is 9.77. The molecule has 1 aromatic rings. The van der Waals surface area contributed by atoms with Crippen molar-refractivity contribution in [3.63, 3.8) is 0 Å². The van der Waals surface area contributed by atoms with Gasteiger partial charge >= 0.3 is 0 Å². The van der Waals surface area contributed by atoms with Gasteiger partial charge in [-0.1, -0.05) is 12.1 Å². The third kappa shape index (κ3) is 4.84. The zero-order valence-electron chi connectivity index (χ0n) is 11.2. The first-order valence-corrected chi connectivity index (χ1v) is 6.09. The minimum atomic E-state index is -0.387. The summed E-state index contributed by atoms with van der Waals surface area (Å²) in [5.74, 6) is 0. The third-order valence-electron chi connectivity index (χ3n) is 2.75.